The lowest BCUT2D eigenvalue weighted by Gasteiger charge is -2.11. The van der Waals surface area contributed by atoms with Crippen LogP contribution in [0.15, 0.2) is 12.1 Å². The molecule has 0 aliphatic rings. The SMILES string of the molecule is CC(C)N.CC(C)Nc1nc(Cl)ccc1C(=O)O. The molecule has 0 bridgehead atoms. The number of aromatic nitrogens is 1. The van der Waals surface area contributed by atoms with Gasteiger partial charge < -0.3 is 16.2 Å². The summed E-state index contributed by atoms with van der Waals surface area (Å²) >= 11 is 5.66. The van der Waals surface area contributed by atoms with E-state index in [1.807, 2.05) is 27.7 Å². The highest BCUT2D eigenvalue weighted by molar-refractivity contribution is 6.29. The predicted octanol–water partition coefficient (Wildman–Crippen LogP) is 2.61. The molecule has 0 radical (unpaired) electrons. The van der Waals surface area contributed by atoms with Crippen molar-refractivity contribution in [2.24, 2.45) is 5.73 Å². The van der Waals surface area contributed by atoms with Crippen molar-refractivity contribution in [1.82, 2.24) is 4.98 Å². The van der Waals surface area contributed by atoms with E-state index in [1.165, 1.54) is 12.1 Å². The maximum absolute atomic E-state index is 10.8. The zero-order valence-corrected chi connectivity index (χ0v) is 11.8. The van der Waals surface area contributed by atoms with Gasteiger partial charge in [-0.3, -0.25) is 0 Å². The summed E-state index contributed by atoms with van der Waals surface area (Å²) in [5.41, 5.74) is 5.24. The van der Waals surface area contributed by atoms with E-state index >= 15 is 0 Å². The molecule has 0 unspecified atom stereocenters. The van der Waals surface area contributed by atoms with Gasteiger partial charge in [-0.25, -0.2) is 9.78 Å². The Balaban J connectivity index is 0.000000631. The van der Waals surface area contributed by atoms with Crippen molar-refractivity contribution >= 4 is 23.4 Å². The number of carboxylic acids is 1. The second-order valence-corrected chi connectivity index (χ2v) is 4.77. The maximum Gasteiger partial charge on any atom is 0.339 e. The summed E-state index contributed by atoms with van der Waals surface area (Å²) < 4.78 is 0. The number of nitrogens with one attached hydrogen (secondary N) is 1. The molecule has 1 aromatic heterocycles. The molecule has 0 aliphatic heterocycles. The number of aromatic carboxylic acids is 1. The number of anilines is 1. The minimum absolute atomic E-state index is 0.110. The largest absolute Gasteiger partial charge is 0.478 e. The number of carbonyl (C=O) groups is 1. The Morgan fingerprint density at radius 2 is 1.89 bits per heavy atom. The molecule has 0 amide bonds. The average Bonchev–Trinajstić information content (AvgIpc) is 2.14. The lowest BCUT2D eigenvalue weighted by molar-refractivity contribution is 0.0697. The highest BCUT2D eigenvalue weighted by Gasteiger charge is 2.12. The van der Waals surface area contributed by atoms with Crippen molar-refractivity contribution < 1.29 is 9.90 Å². The van der Waals surface area contributed by atoms with E-state index in [-0.39, 0.29) is 16.8 Å². The summed E-state index contributed by atoms with van der Waals surface area (Å²) in [5, 5.41) is 12.0. The van der Waals surface area contributed by atoms with Gasteiger partial charge in [0, 0.05) is 6.04 Å². The summed E-state index contributed by atoms with van der Waals surface area (Å²) in [5.74, 6) is -0.711. The molecule has 0 saturated carbocycles. The lowest BCUT2D eigenvalue weighted by Crippen LogP contribution is -2.14. The van der Waals surface area contributed by atoms with Crippen molar-refractivity contribution in [2.75, 3.05) is 5.32 Å². The number of halogens is 1. The van der Waals surface area contributed by atoms with Crippen LogP contribution in [0.3, 0.4) is 0 Å². The van der Waals surface area contributed by atoms with Gasteiger partial charge in [0.15, 0.2) is 0 Å². The van der Waals surface area contributed by atoms with Crippen molar-refractivity contribution in [3.63, 3.8) is 0 Å². The molecule has 6 heteroatoms. The van der Waals surface area contributed by atoms with Crippen LogP contribution in [0.1, 0.15) is 38.1 Å². The van der Waals surface area contributed by atoms with E-state index in [1.54, 1.807) is 0 Å². The van der Waals surface area contributed by atoms with Crippen molar-refractivity contribution in [3.05, 3.63) is 22.8 Å². The van der Waals surface area contributed by atoms with Crippen LogP contribution in [0, 0.1) is 0 Å². The highest BCUT2D eigenvalue weighted by Crippen LogP contribution is 2.17. The van der Waals surface area contributed by atoms with Crippen LogP contribution in [0.25, 0.3) is 0 Å². The van der Waals surface area contributed by atoms with Gasteiger partial charge in [-0.2, -0.15) is 0 Å². The minimum Gasteiger partial charge on any atom is -0.478 e. The standard InChI is InChI=1S/C9H11ClN2O2.C3H9N/c1-5(2)11-8-6(9(13)14)3-4-7(10)12-8;1-3(2)4/h3-5H,1-2H3,(H,11,12)(H,13,14);3H,4H2,1-2H3. The van der Waals surface area contributed by atoms with E-state index in [2.05, 4.69) is 10.3 Å². The van der Waals surface area contributed by atoms with Crippen molar-refractivity contribution in [1.29, 1.82) is 0 Å². The van der Waals surface area contributed by atoms with Gasteiger partial charge in [-0.15, -0.1) is 0 Å². The van der Waals surface area contributed by atoms with Gasteiger partial charge in [0.05, 0.1) is 0 Å². The van der Waals surface area contributed by atoms with Crippen LogP contribution in [0.4, 0.5) is 5.82 Å². The summed E-state index contributed by atoms with van der Waals surface area (Å²) in [6.45, 7) is 7.68. The van der Waals surface area contributed by atoms with Crippen LogP contribution in [-0.4, -0.2) is 28.1 Å². The van der Waals surface area contributed by atoms with Crippen molar-refractivity contribution in [2.45, 2.75) is 39.8 Å². The molecule has 5 nitrogen and oxygen atoms in total. The average molecular weight is 274 g/mol. The molecule has 0 fully saturated rings. The van der Waals surface area contributed by atoms with Crippen LogP contribution < -0.4 is 11.1 Å². The Hall–Kier alpha value is -1.33. The minimum atomic E-state index is -1.02. The Morgan fingerprint density at radius 3 is 2.28 bits per heavy atom. The van der Waals surface area contributed by atoms with E-state index in [9.17, 15) is 4.79 Å². The summed E-state index contributed by atoms with van der Waals surface area (Å²) in [7, 11) is 0. The second kappa shape index (κ2) is 7.89. The monoisotopic (exact) mass is 273 g/mol. The topological polar surface area (TPSA) is 88.2 Å². The summed E-state index contributed by atoms with van der Waals surface area (Å²) in [6.07, 6.45) is 0. The number of hydrogen-bond acceptors (Lipinski definition) is 4. The van der Waals surface area contributed by atoms with Gasteiger partial charge in [0.25, 0.3) is 0 Å². The van der Waals surface area contributed by atoms with Gasteiger partial charge in [-0.1, -0.05) is 25.4 Å². The molecule has 0 aliphatic carbocycles. The Morgan fingerprint density at radius 1 is 1.39 bits per heavy atom. The van der Waals surface area contributed by atoms with Crippen LogP contribution >= 0.6 is 11.6 Å². The second-order valence-electron chi connectivity index (χ2n) is 4.38. The number of carboxylic acid groups (broad SMARTS) is 1. The molecule has 102 valence electrons. The molecular formula is C12H20ClN3O2. The fourth-order valence-electron chi connectivity index (χ4n) is 0.991. The number of pyridine rings is 1. The molecule has 0 atom stereocenters. The fraction of sp³-hybridized carbons (Fsp3) is 0.500. The molecule has 1 heterocycles. The Kier molecular flexibility index (Phi) is 7.31. The first kappa shape index (κ1) is 16.7. The van der Waals surface area contributed by atoms with Crippen molar-refractivity contribution in [3.8, 4) is 0 Å². The smallest absolute Gasteiger partial charge is 0.339 e. The lowest BCUT2D eigenvalue weighted by atomic mass is 10.2. The third-order valence-electron chi connectivity index (χ3n) is 1.52. The van der Waals surface area contributed by atoms with E-state index < -0.39 is 5.97 Å². The first-order chi connectivity index (χ1) is 8.23. The molecule has 0 spiro atoms. The van der Waals surface area contributed by atoms with Crippen LogP contribution in [0.2, 0.25) is 5.15 Å². The zero-order chi connectivity index (χ0) is 14.3. The summed E-state index contributed by atoms with van der Waals surface area (Å²) in [6, 6.07) is 3.33. The normalized spacial score (nSPS) is 10.0. The van der Waals surface area contributed by atoms with Gasteiger partial charge >= 0.3 is 5.97 Å². The van der Waals surface area contributed by atoms with Gasteiger partial charge in [0.1, 0.15) is 16.5 Å². The van der Waals surface area contributed by atoms with E-state index in [0.29, 0.717) is 11.9 Å². The number of hydrogen-bond donors (Lipinski definition) is 3. The highest BCUT2D eigenvalue weighted by atomic mass is 35.5. The first-order valence-corrected chi connectivity index (χ1v) is 6.03. The quantitative estimate of drug-likeness (QED) is 0.737. The third kappa shape index (κ3) is 7.09. The van der Waals surface area contributed by atoms with Crippen LogP contribution in [-0.2, 0) is 0 Å². The predicted molar refractivity (Wildman–Crippen MR) is 74.3 cm³/mol. The number of nitrogens with two attached hydrogens (primary N) is 1. The molecule has 1 rings (SSSR count). The van der Waals surface area contributed by atoms with Gasteiger partial charge in [-0.05, 0) is 32.0 Å². The molecule has 18 heavy (non-hydrogen) atoms. The fourth-order valence-corrected chi connectivity index (χ4v) is 1.14. The van der Waals surface area contributed by atoms with E-state index in [4.69, 9.17) is 22.4 Å². The molecule has 0 saturated heterocycles. The zero-order valence-electron chi connectivity index (χ0n) is 11.1. The summed E-state index contributed by atoms with van der Waals surface area (Å²) in [4.78, 5) is 14.7. The number of rotatable bonds is 3. The Labute approximate surface area is 112 Å². The third-order valence-corrected chi connectivity index (χ3v) is 1.73. The first-order valence-electron chi connectivity index (χ1n) is 5.66. The van der Waals surface area contributed by atoms with E-state index in [0.717, 1.165) is 0 Å². The maximum atomic E-state index is 10.8. The molecule has 0 aromatic carbocycles. The molecule has 4 N–H and O–H groups in total. The number of nitrogens with zero attached hydrogens (tertiary/aromatic N) is 1. The van der Waals surface area contributed by atoms with Gasteiger partial charge in [0.2, 0.25) is 0 Å². The molecule has 1 aromatic rings. The molecular weight excluding hydrogens is 254 g/mol. The van der Waals surface area contributed by atoms with Crippen LogP contribution in [0.5, 0.6) is 0 Å². The Bertz CT molecular complexity index is 392.